The van der Waals surface area contributed by atoms with Crippen LogP contribution in [0, 0.1) is 0 Å². The van der Waals surface area contributed by atoms with Crippen molar-refractivity contribution in [3.05, 3.63) is 35.9 Å². The molecule has 2 atom stereocenters. The maximum atomic E-state index is 13.1. The number of carboxylic acid groups (broad SMARTS) is 1. The van der Waals surface area contributed by atoms with Gasteiger partial charge in [0.05, 0.1) is 0 Å². The Labute approximate surface area is 171 Å². The van der Waals surface area contributed by atoms with Crippen molar-refractivity contribution in [1.29, 1.82) is 0 Å². The van der Waals surface area contributed by atoms with E-state index in [0.29, 0.717) is 26.1 Å². The highest BCUT2D eigenvalue weighted by atomic mass is 16.4. The lowest BCUT2D eigenvalue weighted by Gasteiger charge is -2.29. The third-order valence-electron chi connectivity index (χ3n) is 4.97. The van der Waals surface area contributed by atoms with Crippen LogP contribution in [0.2, 0.25) is 0 Å². The molecule has 7 N–H and O–H groups in total. The molecule has 0 spiro atoms. The van der Waals surface area contributed by atoms with E-state index in [1.165, 1.54) is 0 Å². The van der Waals surface area contributed by atoms with Crippen molar-refractivity contribution in [2.45, 2.75) is 44.2 Å². The molecule has 1 aliphatic heterocycles. The van der Waals surface area contributed by atoms with E-state index in [1.807, 2.05) is 35.2 Å². The number of hydrogen-bond acceptors (Lipinski definition) is 4. The van der Waals surface area contributed by atoms with Gasteiger partial charge in [-0.1, -0.05) is 30.3 Å². The molecule has 1 aromatic carbocycles. The molecular formula is C20H32N6O3. The van der Waals surface area contributed by atoms with Gasteiger partial charge in [0, 0.05) is 32.1 Å². The van der Waals surface area contributed by atoms with Crippen molar-refractivity contribution in [2.75, 3.05) is 26.2 Å². The fraction of sp³-hybridized carbons (Fsp3) is 0.550. The molecule has 2 amide bonds. The number of likely N-dealkylation sites (tertiary alicyclic amines) is 1. The van der Waals surface area contributed by atoms with Crippen molar-refractivity contribution in [1.82, 2.24) is 15.5 Å². The third kappa shape index (κ3) is 7.98. The molecule has 0 aromatic heterocycles. The van der Waals surface area contributed by atoms with Crippen molar-refractivity contribution in [3.63, 3.8) is 0 Å². The Morgan fingerprint density at radius 2 is 2.00 bits per heavy atom. The lowest BCUT2D eigenvalue weighted by Crippen LogP contribution is -2.52. The van der Waals surface area contributed by atoms with Gasteiger partial charge in [0.1, 0.15) is 6.04 Å². The van der Waals surface area contributed by atoms with Gasteiger partial charge in [0.15, 0.2) is 5.96 Å². The van der Waals surface area contributed by atoms with Gasteiger partial charge in [-0.25, -0.2) is 4.79 Å². The van der Waals surface area contributed by atoms with Gasteiger partial charge < -0.3 is 32.1 Å². The summed E-state index contributed by atoms with van der Waals surface area (Å²) < 4.78 is 0. The molecule has 160 valence electrons. The van der Waals surface area contributed by atoms with E-state index in [9.17, 15) is 14.7 Å². The van der Waals surface area contributed by atoms with E-state index in [-0.39, 0.29) is 17.9 Å². The molecule has 0 radical (unpaired) electrons. The first-order chi connectivity index (χ1) is 14.0. The van der Waals surface area contributed by atoms with Gasteiger partial charge in [-0.05, 0) is 37.8 Å². The molecule has 1 heterocycles. The molecule has 0 aliphatic carbocycles. The van der Waals surface area contributed by atoms with Gasteiger partial charge in [-0.15, -0.1) is 0 Å². The molecule has 1 fully saturated rings. The maximum absolute atomic E-state index is 13.1. The lowest BCUT2D eigenvalue weighted by molar-refractivity contribution is -0.134. The molecule has 9 heteroatoms. The van der Waals surface area contributed by atoms with Crippen LogP contribution in [-0.4, -0.2) is 66.2 Å². The number of unbranched alkanes of at least 4 members (excludes halogenated alkanes) is 1. The van der Waals surface area contributed by atoms with Crippen LogP contribution in [0.15, 0.2) is 35.3 Å². The Morgan fingerprint density at radius 1 is 1.24 bits per heavy atom. The number of nitrogens with one attached hydrogen (secondary N) is 2. The van der Waals surface area contributed by atoms with Crippen LogP contribution in [0.1, 0.15) is 31.2 Å². The number of carbonyl (C=O) groups excluding carboxylic acids is 1. The van der Waals surface area contributed by atoms with Crippen molar-refractivity contribution < 1.29 is 14.7 Å². The lowest BCUT2D eigenvalue weighted by atomic mass is 10.0. The summed E-state index contributed by atoms with van der Waals surface area (Å²) in [6.45, 7) is 2.78. The normalized spacial score (nSPS) is 17.0. The summed E-state index contributed by atoms with van der Waals surface area (Å²) in [6, 6.07) is 8.75. The highest BCUT2D eigenvalue weighted by Crippen LogP contribution is 2.19. The summed E-state index contributed by atoms with van der Waals surface area (Å²) in [6.07, 6.45) is 2.82. The number of amides is 2. The predicted molar refractivity (Wildman–Crippen MR) is 113 cm³/mol. The number of aliphatic imine (C=N–C) groups is 1. The fourth-order valence-electron chi connectivity index (χ4n) is 3.58. The van der Waals surface area contributed by atoms with Crippen LogP contribution in [0.3, 0.4) is 0 Å². The Balaban J connectivity index is 1.85. The van der Waals surface area contributed by atoms with E-state index in [4.69, 9.17) is 11.5 Å². The first-order valence-corrected chi connectivity index (χ1v) is 10.1. The highest BCUT2D eigenvalue weighted by molar-refractivity contribution is 5.86. The zero-order valence-electron chi connectivity index (χ0n) is 16.7. The van der Waals surface area contributed by atoms with Crippen LogP contribution in [0.25, 0.3) is 0 Å². The first kappa shape index (κ1) is 22.5. The highest BCUT2D eigenvalue weighted by Gasteiger charge is 2.33. The van der Waals surface area contributed by atoms with Crippen molar-refractivity contribution in [2.24, 2.45) is 16.5 Å². The number of rotatable bonds is 11. The standard InChI is InChI=1S/C20H32N6O3/c21-19(22)24-11-5-4-10-23-14-16-9-6-12-26(16)18(27)17(25-20(28)29)13-15-7-2-1-3-8-15/h1-3,7-8,16-17,23,25H,4-6,9-14H2,(H,28,29)(H4,21,22,24)/t16-,17+/m0/s1. The second-order valence-electron chi connectivity index (χ2n) is 7.24. The smallest absolute Gasteiger partial charge is 0.405 e. The fourth-order valence-corrected chi connectivity index (χ4v) is 3.58. The summed E-state index contributed by atoms with van der Waals surface area (Å²) in [7, 11) is 0. The zero-order valence-corrected chi connectivity index (χ0v) is 16.7. The number of nitrogens with zero attached hydrogens (tertiary/aromatic N) is 2. The first-order valence-electron chi connectivity index (χ1n) is 10.1. The molecule has 0 bridgehead atoms. The Bertz CT molecular complexity index is 678. The zero-order chi connectivity index (χ0) is 21.1. The van der Waals surface area contributed by atoms with Gasteiger partial charge >= 0.3 is 6.09 Å². The average Bonchev–Trinajstić information content (AvgIpc) is 3.15. The third-order valence-corrected chi connectivity index (χ3v) is 4.97. The largest absolute Gasteiger partial charge is 0.465 e. The number of guanidine groups is 1. The Morgan fingerprint density at radius 3 is 2.69 bits per heavy atom. The quantitative estimate of drug-likeness (QED) is 0.206. The van der Waals surface area contributed by atoms with Crippen LogP contribution in [0.4, 0.5) is 4.79 Å². The van der Waals surface area contributed by atoms with Crippen LogP contribution >= 0.6 is 0 Å². The van der Waals surface area contributed by atoms with Crippen molar-refractivity contribution in [3.8, 4) is 0 Å². The molecule has 2 rings (SSSR count). The summed E-state index contributed by atoms with van der Waals surface area (Å²) in [5.74, 6) is -0.0496. The summed E-state index contributed by atoms with van der Waals surface area (Å²) in [4.78, 5) is 30.1. The molecule has 29 heavy (non-hydrogen) atoms. The molecule has 1 aliphatic rings. The van der Waals surface area contributed by atoms with Gasteiger partial charge in [-0.2, -0.15) is 0 Å². The number of carbonyl (C=O) groups is 2. The average molecular weight is 405 g/mol. The topological polar surface area (TPSA) is 146 Å². The SMILES string of the molecule is NC(N)=NCCCCNC[C@@H]1CCCN1C(=O)[C@@H](Cc1ccccc1)NC(=O)O. The second kappa shape index (κ2) is 11.9. The molecule has 1 saturated heterocycles. The maximum Gasteiger partial charge on any atom is 0.405 e. The van der Waals surface area contributed by atoms with Gasteiger partial charge in [0.25, 0.3) is 0 Å². The van der Waals surface area contributed by atoms with Gasteiger partial charge in [0.2, 0.25) is 5.91 Å². The second-order valence-corrected chi connectivity index (χ2v) is 7.24. The molecular weight excluding hydrogens is 372 g/mol. The van der Waals surface area contributed by atoms with E-state index < -0.39 is 12.1 Å². The Hall–Kier alpha value is -2.81. The summed E-state index contributed by atoms with van der Waals surface area (Å²) >= 11 is 0. The monoisotopic (exact) mass is 404 g/mol. The van der Waals surface area contributed by atoms with E-state index in [0.717, 1.165) is 37.8 Å². The number of hydrogen-bond donors (Lipinski definition) is 5. The minimum atomic E-state index is -1.19. The van der Waals surface area contributed by atoms with Gasteiger partial charge in [-0.3, -0.25) is 9.79 Å². The van der Waals surface area contributed by atoms with Crippen LogP contribution < -0.4 is 22.1 Å². The summed E-state index contributed by atoms with van der Waals surface area (Å²) in [5, 5.41) is 15.0. The molecule has 0 unspecified atom stereocenters. The van der Waals surface area contributed by atoms with E-state index >= 15 is 0 Å². The molecule has 0 saturated carbocycles. The van der Waals surface area contributed by atoms with E-state index in [2.05, 4.69) is 15.6 Å². The van der Waals surface area contributed by atoms with Crippen LogP contribution in [0.5, 0.6) is 0 Å². The number of benzene rings is 1. The predicted octanol–water partition coefficient (Wildman–Crippen LogP) is 0.500. The van der Waals surface area contributed by atoms with Crippen molar-refractivity contribution >= 4 is 18.0 Å². The Kier molecular flexibility index (Phi) is 9.23. The number of nitrogens with two attached hydrogens (primary N) is 2. The molecule has 9 nitrogen and oxygen atoms in total. The minimum absolute atomic E-state index is 0.0778. The van der Waals surface area contributed by atoms with E-state index in [1.54, 1.807) is 0 Å². The summed E-state index contributed by atoms with van der Waals surface area (Å²) in [5.41, 5.74) is 11.5. The minimum Gasteiger partial charge on any atom is -0.465 e. The van der Waals surface area contributed by atoms with Crippen LogP contribution in [-0.2, 0) is 11.2 Å². The molecule has 1 aromatic rings.